The smallest absolute Gasteiger partial charge is 0.407 e. The van der Waals surface area contributed by atoms with Crippen molar-refractivity contribution in [3.63, 3.8) is 0 Å². The highest BCUT2D eigenvalue weighted by atomic mass is 16.6. The van der Waals surface area contributed by atoms with Crippen molar-refractivity contribution in [2.75, 3.05) is 423 Å². The van der Waals surface area contributed by atoms with Gasteiger partial charge in [-0.3, -0.25) is 0 Å². The molecule has 0 saturated carbocycles. The van der Waals surface area contributed by atoms with Crippen LogP contribution in [0.1, 0.15) is 47.9 Å². The summed E-state index contributed by atoms with van der Waals surface area (Å²) < 4.78 is 191. The maximum Gasteiger partial charge on any atom is 0.407 e. The summed E-state index contributed by atoms with van der Waals surface area (Å²) in [6.07, 6.45) is -0.945. The number of benzene rings is 6. The Kier molecular flexibility index (Phi) is 77.8. The molecule has 2 amide bonds. The number of carbonyl (C=O) groups is 2. The first-order chi connectivity index (χ1) is 74.4. The average Bonchev–Trinajstić information content (AvgIpc) is 1.62. The monoisotopic (exact) mass is 2120 g/mol. The summed E-state index contributed by atoms with van der Waals surface area (Å²) in [5, 5.41) is 12.3. The number of amides is 2. The fourth-order valence-corrected chi connectivity index (χ4v) is 14.0. The van der Waals surface area contributed by atoms with E-state index in [1.54, 1.807) is 36.4 Å². The van der Waals surface area contributed by atoms with E-state index in [4.69, 9.17) is 172 Å². The molecule has 0 aromatic heterocycles. The SMILES string of the molecule is CCOCCOCCOCCOCCOCCOc1cc(OCCOCCOCCOCCOCCN=[N+]=[N-])cc(OCCOCCOCCOCCOCCN=[N+]=[N-])c1.CCOCCOCCOCCOCCOCCOc1cc(OCCOCCOCCOCCOCCNC(=O)OCC2c3ccccc3-c3ccccc32)cc(OCCOCCOCCOCCOCCNC(=O)OCC2c3ccccc3-c3ccccc32)c1. The van der Waals surface area contributed by atoms with E-state index in [-0.39, 0.29) is 38.3 Å². The van der Waals surface area contributed by atoms with Gasteiger partial charge in [-0.05, 0) is 69.4 Å². The second kappa shape index (κ2) is 91.8. The second-order valence-electron chi connectivity index (χ2n) is 31.9. The highest BCUT2D eigenvalue weighted by molar-refractivity contribution is 5.80. The van der Waals surface area contributed by atoms with Crippen LogP contribution in [0.5, 0.6) is 34.5 Å². The van der Waals surface area contributed by atoms with Crippen molar-refractivity contribution in [1.82, 2.24) is 10.6 Å². The van der Waals surface area contributed by atoms with Gasteiger partial charge in [-0.2, -0.15) is 0 Å². The van der Waals surface area contributed by atoms with E-state index >= 15 is 0 Å². The third-order valence-corrected chi connectivity index (χ3v) is 21.1. The molecular formula is C106H160N8O36. The summed E-state index contributed by atoms with van der Waals surface area (Å²) in [5.41, 5.74) is 25.9. The Balaban J connectivity index is 0.000000442. The molecule has 840 valence electrons. The summed E-state index contributed by atoms with van der Waals surface area (Å²) in [4.78, 5) is 30.2. The number of nitrogens with zero attached hydrogens (tertiary/aromatic N) is 6. The molecule has 0 unspecified atom stereocenters. The number of rotatable bonds is 102. The molecular weight excluding hydrogens is 1960 g/mol. The van der Waals surface area contributed by atoms with Crippen LogP contribution in [0.4, 0.5) is 9.59 Å². The number of hydrogen-bond donors (Lipinski definition) is 2. The van der Waals surface area contributed by atoms with Crippen LogP contribution in [0.25, 0.3) is 43.1 Å². The van der Waals surface area contributed by atoms with Gasteiger partial charge in [0, 0.05) is 97.5 Å². The van der Waals surface area contributed by atoms with Gasteiger partial charge in [-0.15, -0.1) is 0 Å². The molecule has 2 aliphatic rings. The van der Waals surface area contributed by atoms with Crippen molar-refractivity contribution in [2.45, 2.75) is 25.7 Å². The van der Waals surface area contributed by atoms with Crippen LogP contribution in [0.2, 0.25) is 0 Å². The van der Waals surface area contributed by atoms with Crippen LogP contribution in [0.15, 0.2) is 144 Å². The molecule has 44 heteroatoms. The molecule has 0 radical (unpaired) electrons. The summed E-state index contributed by atoms with van der Waals surface area (Å²) >= 11 is 0. The fraction of sp³-hybridized carbons (Fsp3) is 0.642. The molecule has 8 rings (SSSR count). The largest absolute Gasteiger partial charge is 0.491 e. The number of alkyl carbamates (subject to hydrolysis) is 2. The molecule has 150 heavy (non-hydrogen) atoms. The first-order valence-electron chi connectivity index (χ1n) is 51.7. The van der Waals surface area contributed by atoms with Crippen LogP contribution < -0.4 is 39.1 Å². The van der Waals surface area contributed by atoms with Crippen LogP contribution >= 0.6 is 0 Å². The molecule has 2 N–H and O–H groups in total. The molecule has 0 bridgehead atoms. The highest BCUT2D eigenvalue weighted by Crippen LogP contribution is 2.46. The molecule has 6 aromatic carbocycles. The maximum atomic E-state index is 12.4. The van der Waals surface area contributed by atoms with Gasteiger partial charge in [0.15, 0.2) is 0 Å². The van der Waals surface area contributed by atoms with E-state index in [2.05, 4.69) is 79.2 Å². The molecule has 44 nitrogen and oxygen atoms in total. The molecule has 0 fully saturated rings. The van der Waals surface area contributed by atoms with Gasteiger partial charge in [0.1, 0.15) is 87.4 Å². The van der Waals surface area contributed by atoms with E-state index in [0.29, 0.717) is 431 Å². The Labute approximate surface area is 881 Å². The quantitative estimate of drug-likeness (QED) is 0.0155. The lowest BCUT2D eigenvalue weighted by atomic mass is 9.98. The third kappa shape index (κ3) is 63.7. The van der Waals surface area contributed by atoms with Crippen LogP contribution in [-0.4, -0.2) is 435 Å². The molecule has 0 aliphatic heterocycles. The lowest BCUT2D eigenvalue weighted by Gasteiger charge is -2.14. The summed E-state index contributed by atoms with van der Waals surface area (Å²) in [5.74, 6) is 3.36. The zero-order chi connectivity index (χ0) is 105. The Morgan fingerprint density at radius 3 is 0.567 bits per heavy atom. The molecule has 6 aromatic rings. The van der Waals surface area contributed by atoms with E-state index in [0.717, 1.165) is 0 Å². The first-order valence-corrected chi connectivity index (χ1v) is 51.7. The van der Waals surface area contributed by atoms with Gasteiger partial charge in [0.05, 0.1) is 330 Å². The molecule has 0 atom stereocenters. The number of fused-ring (bicyclic) bond motifs is 6. The third-order valence-electron chi connectivity index (χ3n) is 21.1. The Morgan fingerprint density at radius 1 is 0.227 bits per heavy atom. The minimum atomic E-state index is -0.472. The summed E-state index contributed by atoms with van der Waals surface area (Å²) in [6, 6.07) is 43.7. The Hall–Kier alpha value is -9.76. The Bertz CT molecular complexity index is 4090. The molecule has 2 aliphatic carbocycles. The average molecular weight is 2120 g/mol. The fourth-order valence-electron chi connectivity index (χ4n) is 14.0. The maximum absolute atomic E-state index is 12.4. The van der Waals surface area contributed by atoms with Crippen LogP contribution in [0, 0.1) is 0 Å². The van der Waals surface area contributed by atoms with Gasteiger partial charge < -0.3 is 172 Å². The zero-order valence-electron chi connectivity index (χ0n) is 87.5. The minimum absolute atomic E-state index is 0.00994. The second-order valence-corrected chi connectivity index (χ2v) is 31.9. The standard InChI is InChI=1S/C68H92N2O20.C38H68N6O16/c1-2-73-23-24-76-29-30-79-35-36-82-39-42-85-45-48-88-56-50-54(86-46-43-83-40-37-80-33-31-77-27-25-74-21-19-69-67(71)89-52-65-61-15-7-3-11-57(61)58-12-4-8-16-62(58)65)49-55(51-56)87-47-44-84-41-38-81-34-32-78-28-26-75-22-20-70-68(72)90-53-66-63-17-9-5-13-59(63)60-14-6-10-18-64(60)66;1-2-45-7-8-48-13-14-51-19-20-54-23-26-57-29-32-60-38-34-36(58-30-27-55-24-21-52-17-15-49-11-9-46-5-3-41-43-39)33-37(35-38)59-31-28-56-25-22-53-18-16-50-12-10-47-6-4-42-44-40/h3-18,49-51,65-66H,2,19-48,52-53H2,1H3,(H,69,71)(H,70,72);33-35H,2-32H2,1H3. The van der Waals surface area contributed by atoms with E-state index < -0.39 is 12.2 Å². The Morgan fingerprint density at radius 2 is 0.387 bits per heavy atom. The number of ether oxygens (including phenoxy) is 34. The van der Waals surface area contributed by atoms with Gasteiger partial charge in [-0.25, -0.2) is 9.59 Å². The minimum Gasteiger partial charge on any atom is -0.491 e. The number of hydrogen-bond acceptors (Lipinski definition) is 38. The topological polar surface area (TPSA) is 470 Å². The summed E-state index contributed by atoms with van der Waals surface area (Å²) in [6.45, 7) is 30.2. The van der Waals surface area contributed by atoms with Crippen molar-refractivity contribution in [3.05, 3.63) is 177 Å². The predicted octanol–water partition coefficient (Wildman–Crippen LogP) is 11.8. The summed E-state index contributed by atoms with van der Waals surface area (Å²) in [7, 11) is 0. The van der Waals surface area contributed by atoms with Crippen molar-refractivity contribution in [2.24, 2.45) is 10.2 Å². The van der Waals surface area contributed by atoms with Gasteiger partial charge >= 0.3 is 12.2 Å². The normalized spacial score (nSPS) is 11.8. The van der Waals surface area contributed by atoms with Crippen molar-refractivity contribution >= 4 is 12.2 Å². The highest BCUT2D eigenvalue weighted by Gasteiger charge is 2.31. The van der Waals surface area contributed by atoms with Gasteiger partial charge in [-0.1, -0.05) is 107 Å². The van der Waals surface area contributed by atoms with Gasteiger partial charge in [0.2, 0.25) is 0 Å². The van der Waals surface area contributed by atoms with Crippen LogP contribution in [-0.2, 0) is 133 Å². The van der Waals surface area contributed by atoms with Gasteiger partial charge in [0.25, 0.3) is 0 Å². The predicted molar refractivity (Wildman–Crippen MR) is 553 cm³/mol. The van der Waals surface area contributed by atoms with E-state index in [1.165, 1.54) is 44.5 Å². The number of carbonyl (C=O) groups excluding carboxylic acids is 2. The molecule has 0 heterocycles. The van der Waals surface area contributed by atoms with E-state index in [9.17, 15) is 9.59 Å². The van der Waals surface area contributed by atoms with Crippen LogP contribution in [0.3, 0.4) is 0 Å². The number of nitrogens with one attached hydrogen (secondary N) is 2. The molecule has 0 saturated heterocycles. The van der Waals surface area contributed by atoms with Crippen molar-refractivity contribution in [1.29, 1.82) is 0 Å². The number of azide groups is 2. The zero-order valence-corrected chi connectivity index (χ0v) is 87.5. The van der Waals surface area contributed by atoms with Crippen molar-refractivity contribution in [3.8, 4) is 56.8 Å². The first kappa shape index (κ1) is 127. The van der Waals surface area contributed by atoms with E-state index in [1.807, 2.05) is 62.4 Å². The molecule has 0 spiro atoms. The lowest BCUT2D eigenvalue weighted by molar-refractivity contribution is -0.0119. The lowest BCUT2D eigenvalue weighted by Crippen LogP contribution is -2.29. The van der Waals surface area contributed by atoms with Crippen molar-refractivity contribution < 1.29 is 171 Å².